The van der Waals surface area contributed by atoms with Gasteiger partial charge in [0.05, 0.1) is 13.8 Å². The van der Waals surface area contributed by atoms with E-state index in [0.717, 1.165) is 22.4 Å². The maximum absolute atomic E-state index is 6.31. The molecule has 0 bridgehead atoms. The standard InChI is InChI=1S/C25H27NOSi/c1-28(2,3)19-12-14-24-22(15-19)20-9-6-10-21(25(20)27-24)23-13-11-18(16-26-23)17-7-4-5-8-17/h6,9-17H,4-5,7-8H2,1-3H3. The maximum atomic E-state index is 6.31. The van der Waals surface area contributed by atoms with Gasteiger partial charge in [0.15, 0.2) is 0 Å². The third-order valence-electron chi connectivity index (χ3n) is 6.25. The molecule has 0 radical (unpaired) electrons. The molecule has 2 aromatic carbocycles. The first-order valence-electron chi connectivity index (χ1n) is 10.4. The van der Waals surface area contributed by atoms with E-state index in [2.05, 4.69) is 74.4 Å². The van der Waals surface area contributed by atoms with Gasteiger partial charge in [-0.05, 0) is 42.5 Å². The van der Waals surface area contributed by atoms with Crippen LogP contribution in [0, 0.1) is 0 Å². The summed E-state index contributed by atoms with van der Waals surface area (Å²) in [4.78, 5) is 4.82. The molecule has 2 heterocycles. The highest BCUT2D eigenvalue weighted by molar-refractivity contribution is 6.88. The smallest absolute Gasteiger partial charge is 0.144 e. The third kappa shape index (κ3) is 2.98. The summed E-state index contributed by atoms with van der Waals surface area (Å²) in [5, 5.41) is 3.88. The summed E-state index contributed by atoms with van der Waals surface area (Å²) in [6.45, 7) is 7.16. The fourth-order valence-corrected chi connectivity index (χ4v) is 5.69. The van der Waals surface area contributed by atoms with Crippen LogP contribution in [-0.2, 0) is 0 Å². The number of para-hydroxylation sites is 1. The largest absolute Gasteiger partial charge is 0.455 e. The Kier molecular flexibility index (Phi) is 4.16. The fourth-order valence-electron chi connectivity index (χ4n) is 4.53. The first-order chi connectivity index (χ1) is 13.5. The molecule has 3 heteroatoms. The number of benzene rings is 2. The first-order valence-corrected chi connectivity index (χ1v) is 13.9. The average molecular weight is 386 g/mol. The molecule has 2 nitrogen and oxygen atoms in total. The van der Waals surface area contributed by atoms with Crippen molar-refractivity contribution in [1.29, 1.82) is 0 Å². The molecule has 1 saturated carbocycles. The van der Waals surface area contributed by atoms with Crippen molar-refractivity contribution in [3.05, 3.63) is 60.3 Å². The molecule has 1 aliphatic carbocycles. The summed E-state index contributed by atoms with van der Waals surface area (Å²) in [5.41, 5.74) is 5.38. The second-order valence-electron chi connectivity index (χ2n) is 9.20. The molecule has 142 valence electrons. The quantitative estimate of drug-likeness (QED) is 0.360. The van der Waals surface area contributed by atoms with Crippen molar-refractivity contribution in [3.8, 4) is 11.3 Å². The first kappa shape index (κ1) is 17.7. The number of fused-ring (bicyclic) bond motifs is 3. The Morgan fingerprint density at radius 2 is 1.75 bits per heavy atom. The van der Waals surface area contributed by atoms with E-state index in [1.165, 1.54) is 47.2 Å². The molecular weight excluding hydrogens is 358 g/mol. The Bertz CT molecular complexity index is 1150. The Hall–Kier alpha value is -2.39. The van der Waals surface area contributed by atoms with Gasteiger partial charge in [0, 0.05) is 22.5 Å². The highest BCUT2D eigenvalue weighted by Crippen LogP contribution is 2.37. The van der Waals surface area contributed by atoms with Crippen LogP contribution in [0.3, 0.4) is 0 Å². The molecule has 28 heavy (non-hydrogen) atoms. The summed E-state index contributed by atoms with van der Waals surface area (Å²) in [5.74, 6) is 0.698. The minimum atomic E-state index is -1.36. The molecule has 4 aromatic rings. The van der Waals surface area contributed by atoms with Gasteiger partial charge >= 0.3 is 0 Å². The number of nitrogens with zero attached hydrogens (tertiary/aromatic N) is 1. The van der Waals surface area contributed by atoms with Crippen LogP contribution in [0.25, 0.3) is 33.2 Å². The van der Waals surface area contributed by atoms with Gasteiger partial charge < -0.3 is 4.42 Å². The van der Waals surface area contributed by atoms with Gasteiger partial charge in [-0.3, -0.25) is 4.98 Å². The molecule has 0 atom stereocenters. The molecule has 0 saturated heterocycles. The van der Waals surface area contributed by atoms with Gasteiger partial charge in [-0.2, -0.15) is 0 Å². The number of hydrogen-bond donors (Lipinski definition) is 0. The maximum Gasteiger partial charge on any atom is 0.144 e. The van der Waals surface area contributed by atoms with E-state index in [0.29, 0.717) is 5.92 Å². The Morgan fingerprint density at radius 3 is 2.46 bits per heavy atom. The molecule has 1 aliphatic rings. The predicted octanol–water partition coefficient (Wildman–Crippen LogP) is 6.85. The van der Waals surface area contributed by atoms with Crippen LogP contribution in [0.15, 0.2) is 59.1 Å². The van der Waals surface area contributed by atoms with E-state index in [1.54, 1.807) is 0 Å². The highest BCUT2D eigenvalue weighted by atomic mass is 28.3. The zero-order valence-electron chi connectivity index (χ0n) is 17.0. The van der Waals surface area contributed by atoms with E-state index in [4.69, 9.17) is 9.40 Å². The van der Waals surface area contributed by atoms with Crippen LogP contribution in [0.2, 0.25) is 19.6 Å². The Morgan fingerprint density at radius 1 is 0.929 bits per heavy atom. The molecule has 2 aromatic heterocycles. The molecule has 5 rings (SSSR count). The van der Waals surface area contributed by atoms with E-state index < -0.39 is 8.07 Å². The van der Waals surface area contributed by atoms with E-state index in [9.17, 15) is 0 Å². The lowest BCUT2D eigenvalue weighted by Crippen LogP contribution is -2.37. The molecule has 1 fully saturated rings. The average Bonchev–Trinajstić information content (AvgIpc) is 3.35. The number of hydrogen-bond acceptors (Lipinski definition) is 2. The molecule has 0 unspecified atom stereocenters. The number of aromatic nitrogens is 1. The zero-order chi connectivity index (χ0) is 19.3. The van der Waals surface area contributed by atoms with Crippen LogP contribution < -0.4 is 5.19 Å². The lowest BCUT2D eigenvalue weighted by Gasteiger charge is -2.16. The second-order valence-corrected chi connectivity index (χ2v) is 14.3. The molecule has 0 amide bonds. The Balaban J connectivity index is 1.62. The summed E-state index contributed by atoms with van der Waals surface area (Å²) < 4.78 is 6.31. The second kappa shape index (κ2) is 6.59. The van der Waals surface area contributed by atoms with Crippen LogP contribution in [0.5, 0.6) is 0 Å². The minimum absolute atomic E-state index is 0.698. The van der Waals surface area contributed by atoms with Crippen LogP contribution >= 0.6 is 0 Å². The molecule has 0 spiro atoms. The van der Waals surface area contributed by atoms with Gasteiger partial charge in [-0.25, -0.2) is 0 Å². The van der Waals surface area contributed by atoms with Crippen molar-refractivity contribution in [2.75, 3.05) is 0 Å². The predicted molar refractivity (Wildman–Crippen MR) is 121 cm³/mol. The normalized spacial score (nSPS) is 15.7. The highest BCUT2D eigenvalue weighted by Gasteiger charge is 2.20. The zero-order valence-corrected chi connectivity index (χ0v) is 18.0. The van der Waals surface area contributed by atoms with Crippen molar-refractivity contribution in [1.82, 2.24) is 4.98 Å². The fraction of sp³-hybridized carbons (Fsp3) is 0.320. The van der Waals surface area contributed by atoms with Gasteiger partial charge in [-0.1, -0.05) is 68.0 Å². The van der Waals surface area contributed by atoms with Crippen LogP contribution in [0.4, 0.5) is 0 Å². The van der Waals surface area contributed by atoms with Crippen molar-refractivity contribution in [2.45, 2.75) is 51.2 Å². The lowest BCUT2D eigenvalue weighted by atomic mass is 9.98. The molecule has 0 aliphatic heterocycles. The van der Waals surface area contributed by atoms with Crippen molar-refractivity contribution >= 4 is 35.2 Å². The van der Waals surface area contributed by atoms with Gasteiger partial charge in [0.2, 0.25) is 0 Å². The number of pyridine rings is 1. The topological polar surface area (TPSA) is 26.0 Å². The summed E-state index contributed by atoms with van der Waals surface area (Å²) >= 11 is 0. The summed E-state index contributed by atoms with van der Waals surface area (Å²) in [7, 11) is -1.36. The molecule has 0 N–H and O–H groups in total. The van der Waals surface area contributed by atoms with Gasteiger partial charge in [0.25, 0.3) is 0 Å². The van der Waals surface area contributed by atoms with Gasteiger partial charge in [0.1, 0.15) is 11.2 Å². The number of furan rings is 1. The van der Waals surface area contributed by atoms with Crippen molar-refractivity contribution in [3.63, 3.8) is 0 Å². The van der Waals surface area contributed by atoms with Crippen LogP contribution in [0.1, 0.15) is 37.2 Å². The van der Waals surface area contributed by atoms with Gasteiger partial charge in [-0.15, -0.1) is 0 Å². The van der Waals surface area contributed by atoms with E-state index >= 15 is 0 Å². The monoisotopic (exact) mass is 385 g/mol. The van der Waals surface area contributed by atoms with Crippen LogP contribution in [-0.4, -0.2) is 13.1 Å². The number of rotatable bonds is 3. The van der Waals surface area contributed by atoms with Crippen molar-refractivity contribution in [2.24, 2.45) is 0 Å². The summed E-state index contributed by atoms with van der Waals surface area (Å²) in [6, 6.07) is 17.6. The summed E-state index contributed by atoms with van der Waals surface area (Å²) in [6.07, 6.45) is 7.39. The lowest BCUT2D eigenvalue weighted by molar-refractivity contribution is 0.670. The third-order valence-corrected chi connectivity index (χ3v) is 8.29. The minimum Gasteiger partial charge on any atom is -0.455 e. The molecular formula is C25H27NOSi. The SMILES string of the molecule is C[Si](C)(C)c1ccc2oc3c(-c4ccc(C5CCCC5)cn4)cccc3c2c1. The van der Waals surface area contributed by atoms with E-state index in [-0.39, 0.29) is 0 Å². The van der Waals surface area contributed by atoms with Crippen molar-refractivity contribution < 1.29 is 4.42 Å². The Labute approximate surface area is 167 Å². The van der Waals surface area contributed by atoms with E-state index in [1.807, 2.05) is 0 Å².